The first-order valence-electron chi connectivity index (χ1n) is 5.27. The fourth-order valence-electron chi connectivity index (χ4n) is 1.59. The number of urea groups is 1. The molecule has 3 N–H and O–H groups in total. The average molecular weight is 256 g/mol. The molecule has 1 aromatic rings. The minimum absolute atomic E-state index is 0.102. The molecule has 0 radical (unpaired) electrons. The third-order valence-corrected chi connectivity index (χ3v) is 2.53. The van der Waals surface area contributed by atoms with E-state index in [4.69, 9.17) is 9.84 Å². The number of hydrogen-bond donors (Lipinski definition) is 3. The first-order chi connectivity index (χ1) is 8.66. The molecule has 2 heterocycles. The van der Waals surface area contributed by atoms with Crippen molar-refractivity contribution < 1.29 is 24.0 Å². The number of nitrogens with one attached hydrogen (secondary N) is 2. The molecule has 9 nitrogen and oxygen atoms in total. The number of carbonyl (C=O) groups excluding carboxylic acids is 1. The third kappa shape index (κ3) is 2.94. The van der Waals surface area contributed by atoms with Crippen molar-refractivity contribution in [3.63, 3.8) is 0 Å². The molecule has 2 rings (SSSR count). The summed E-state index contributed by atoms with van der Waals surface area (Å²) in [7, 11) is 0. The van der Waals surface area contributed by atoms with Crippen LogP contribution >= 0.6 is 0 Å². The molecule has 1 saturated heterocycles. The van der Waals surface area contributed by atoms with Crippen molar-refractivity contribution in [3.8, 4) is 0 Å². The highest BCUT2D eigenvalue weighted by Crippen LogP contribution is 2.13. The van der Waals surface area contributed by atoms with Gasteiger partial charge in [-0.05, 0) is 0 Å². The molecule has 1 aliphatic heterocycles. The van der Waals surface area contributed by atoms with Gasteiger partial charge in [0.25, 0.3) is 0 Å². The number of carbonyl (C=O) groups is 2. The molecule has 1 aliphatic rings. The Bertz CT molecular complexity index is 421. The zero-order valence-electron chi connectivity index (χ0n) is 9.33. The molecule has 18 heavy (non-hydrogen) atoms. The van der Waals surface area contributed by atoms with Crippen molar-refractivity contribution in [2.45, 2.75) is 12.6 Å². The number of hydrogen-bond acceptors (Lipinski definition) is 6. The van der Waals surface area contributed by atoms with Crippen molar-refractivity contribution in [3.05, 3.63) is 12.2 Å². The molecule has 0 aliphatic carbocycles. The Morgan fingerprint density at radius 1 is 1.50 bits per heavy atom. The second-order valence-electron chi connectivity index (χ2n) is 3.76. The number of carboxylic acid groups (broad SMARTS) is 1. The van der Waals surface area contributed by atoms with Crippen LogP contribution < -0.4 is 10.6 Å². The second-order valence-corrected chi connectivity index (χ2v) is 3.76. The fourth-order valence-corrected chi connectivity index (χ4v) is 1.59. The third-order valence-electron chi connectivity index (χ3n) is 2.53. The van der Waals surface area contributed by atoms with Crippen LogP contribution in [-0.4, -0.2) is 46.5 Å². The zero-order chi connectivity index (χ0) is 13.0. The molecular weight excluding hydrogens is 244 g/mol. The number of nitrogens with zero attached hydrogens (tertiary/aromatic N) is 2. The van der Waals surface area contributed by atoms with Gasteiger partial charge in [0, 0.05) is 0 Å². The number of carboxylic acids is 1. The van der Waals surface area contributed by atoms with Gasteiger partial charge in [-0.1, -0.05) is 5.16 Å². The predicted octanol–water partition coefficient (Wildman–Crippen LogP) is -1.03. The highest BCUT2D eigenvalue weighted by Gasteiger charge is 2.34. The molecule has 98 valence electrons. The lowest BCUT2D eigenvalue weighted by Crippen LogP contribution is -2.47. The van der Waals surface area contributed by atoms with Crippen LogP contribution in [0.1, 0.15) is 5.82 Å². The van der Waals surface area contributed by atoms with E-state index in [2.05, 4.69) is 25.3 Å². The van der Waals surface area contributed by atoms with Gasteiger partial charge in [-0.15, -0.1) is 0 Å². The highest BCUT2D eigenvalue weighted by atomic mass is 16.5. The van der Waals surface area contributed by atoms with Crippen LogP contribution in [0.4, 0.5) is 4.79 Å². The Labute approximate surface area is 101 Å². The Kier molecular flexibility index (Phi) is 3.72. The first kappa shape index (κ1) is 12.3. The van der Waals surface area contributed by atoms with Gasteiger partial charge in [0.15, 0.2) is 5.82 Å². The van der Waals surface area contributed by atoms with E-state index in [-0.39, 0.29) is 19.8 Å². The van der Waals surface area contributed by atoms with Crippen molar-refractivity contribution in [2.75, 3.05) is 13.2 Å². The van der Waals surface area contributed by atoms with Gasteiger partial charge in [-0.25, -0.2) is 4.79 Å². The topological polar surface area (TPSA) is 127 Å². The Balaban J connectivity index is 1.78. The van der Waals surface area contributed by atoms with E-state index >= 15 is 0 Å². The normalized spacial score (nSPS) is 22.7. The van der Waals surface area contributed by atoms with Gasteiger partial charge in [0.1, 0.15) is 5.92 Å². The summed E-state index contributed by atoms with van der Waals surface area (Å²) in [5.74, 6) is -1.38. The maximum absolute atomic E-state index is 11.5. The van der Waals surface area contributed by atoms with Crippen molar-refractivity contribution >= 4 is 12.0 Å². The molecule has 0 spiro atoms. The number of rotatable bonds is 4. The maximum Gasteiger partial charge on any atom is 0.315 e. The van der Waals surface area contributed by atoms with Crippen LogP contribution in [0.3, 0.4) is 0 Å². The van der Waals surface area contributed by atoms with Crippen LogP contribution in [0, 0.1) is 5.92 Å². The van der Waals surface area contributed by atoms with E-state index < -0.39 is 24.0 Å². The summed E-state index contributed by atoms with van der Waals surface area (Å²) in [4.78, 5) is 26.1. The minimum Gasteiger partial charge on any atom is -0.481 e. The van der Waals surface area contributed by atoms with E-state index in [0.29, 0.717) is 5.82 Å². The maximum atomic E-state index is 11.5. The summed E-state index contributed by atoms with van der Waals surface area (Å²) in [6, 6.07) is -1.03. The Morgan fingerprint density at radius 2 is 2.33 bits per heavy atom. The van der Waals surface area contributed by atoms with Crippen LogP contribution in [-0.2, 0) is 16.1 Å². The number of aromatic nitrogens is 2. The number of amides is 2. The summed E-state index contributed by atoms with van der Waals surface area (Å²) >= 11 is 0. The molecule has 0 bridgehead atoms. The summed E-state index contributed by atoms with van der Waals surface area (Å²) in [6.45, 7) is 0.394. The average Bonchev–Trinajstić information content (AvgIpc) is 2.96. The van der Waals surface area contributed by atoms with Gasteiger partial charge >= 0.3 is 12.0 Å². The molecule has 9 heteroatoms. The second kappa shape index (κ2) is 5.45. The fraction of sp³-hybridized carbons (Fsp3) is 0.556. The van der Waals surface area contributed by atoms with E-state index in [1.807, 2.05) is 0 Å². The summed E-state index contributed by atoms with van der Waals surface area (Å²) in [6.07, 6.45) is 1.15. The molecule has 0 aromatic carbocycles. The lowest BCUT2D eigenvalue weighted by atomic mass is 10.0. The SMILES string of the molecule is O=C(NCc1ncon1)NC1COCC1C(=O)O. The molecule has 1 aromatic heterocycles. The summed E-state index contributed by atoms with van der Waals surface area (Å²) < 4.78 is 9.52. The molecule has 0 saturated carbocycles. The largest absolute Gasteiger partial charge is 0.481 e. The minimum atomic E-state index is -0.990. The van der Waals surface area contributed by atoms with Crippen LogP contribution in [0.2, 0.25) is 0 Å². The van der Waals surface area contributed by atoms with Crippen LogP contribution in [0.15, 0.2) is 10.9 Å². The number of ether oxygens (including phenoxy) is 1. The van der Waals surface area contributed by atoms with Crippen molar-refractivity contribution in [1.29, 1.82) is 0 Å². The van der Waals surface area contributed by atoms with Gasteiger partial charge in [0.2, 0.25) is 6.39 Å². The lowest BCUT2D eigenvalue weighted by Gasteiger charge is -2.15. The quantitative estimate of drug-likeness (QED) is 0.628. The van der Waals surface area contributed by atoms with E-state index in [0.717, 1.165) is 6.39 Å². The number of aliphatic carboxylic acids is 1. The predicted molar refractivity (Wildman–Crippen MR) is 55.4 cm³/mol. The van der Waals surface area contributed by atoms with Crippen LogP contribution in [0.25, 0.3) is 0 Å². The van der Waals surface area contributed by atoms with Gasteiger partial charge in [0.05, 0.1) is 25.8 Å². The van der Waals surface area contributed by atoms with Gasteiger partial charge in [-0.2, -0.15) is 4.98 Å². The Hall–Kier alpha value is -2.16. The molecule has 2 unspecified atom stereocenters. The summed E-state index contributed by atoms with van der Waals surface area (Å²) in [5, 5.41) is 17.4. The zero-order valence-corrected chi connectivity index (χ0v) is 9.33. The molecular formula is C9H12N4O5. The van der Waals surface area contributed by atoms with E-state index in [1.165, 1.54) is 0 Å². The Morgan fingerprint density at radius 3 is 3.00 bits per heavy atom. The molecule has 1 fully saturated rings. The van der Waals surface area contributed by atoms with E-state index in [9.17, 15) is 9.59 Å². The molecule has 2 amide bonds. The summed E-state index contributed by atoms with van der Waals surface area (Å²) in [5.41, 5.74) is 0. The van der Waals surface area contributed by atoms with E-state index in [1.54, 1.807) is 0 Å². The van der Waals surface area contributed by atoms with Crippen molar-refractivity contribution in [2.24, 2.45) is 5.92 Å². The molecule has 2 atom stereocenters. The monoisotopic (exact) mass is 256 g/mol. The standard InChI is InChI=1S/C9H12N4O5/c14-8(15)5-2-17-3-6(5)12-9(16)10-1-7-11-4-18-13-7/h4-6H,1-3H2,(H,14,15)(H2,10,12,16). The highest BCUT2D eigenvalue weighted by molar-refractivity contribution is 5.77. The van der Waals surface area contributed by atoms with Gasteiger partial charge in [-0.3, -0.25) is 4.79 Å². The lowest BCUT2D eigenvalue weighted by molar-refractivity contribution is -0.142. The van der Waals surface area contributed by atoms with Gasteiger partial charge < -0.3 is 25.0 Å². The smallest absolute Gasteiger partial charge is 0.315 e. The first-order valence-corrected chi connectivity index (χ1v) is 5.27. The van der Waals surface area contributed by atoms with Crippen LogP contribution in [0.5, 0.6) is 0 Å². The van der Waals surface area contributed by atoms with Crippen molar-refractivity contribution in [1.82, 2.24) is 20.8 Å².